The second-order valence-electron chi connectivity index (χ2n) is 8.38. The maximum atomic E-state index is 12.7. The smallest absolute Gasteiger partial charge is 0.321 e. The first kappa shape index (κ1) is 21.4. The lowest BCUT2D eigenvalue weighted by Crippen LogP contribution is -2.50. The van der Waals surface area contributed by atoms with Crippen molar-refractivity contribution in [3.05, 3.63) is 41.7 Å². The van der Waals surface area contributed by atoms with E-state index in [1.54, 1.807) is 0 Å². The maximum Gasteiger partial charge on any atom is 0.321 e. The van der Waals surface area contributed by atoms with E-state index < -0.39 is 0 Å². The number of hydrogen-bond donors (Lipinski definition) is 1. The Balaban J connectivity index is 1.35. The molecule has 0 spiro atoms. The zero-order valence-corrected chi connectivity index (χ0v) is 18.8. The van der Waals surface area contributed by atoms with Crippen LogP contribution < -0.4 is 15.1 Å². The number of carbonyl (C=O) groups is 1. The van der Waals surface area contributed by atoms with Crippen LogP contribution in [0.25, 0.3) is 0 Å². The van der Waals surface area contributed by atoms with E-state index in [9.17, 15) is 4.79 Å². The highest BCUT2D eigenvalue weighted by atomic mass is 16.2. The molecular formula is C23H33N7O. The Labute approximate surface area is 184 Å². The summed E-state index contributed by atoms with van der Waals surface area (Å²) in [5.41, 5.74) is 2.11. The number of anilines is 3. The summed E-state index contributed by atoms with van der Waals surface area (Å²) >= 11 is 0. The number of nitrogens with zero attached hydrogens (tertiary/aromatic N) is 6. The molecule has 0 aliphatic carbocycles. The maximum absolute atomic E-state index is 12.7. The number of piperazine rings is 2. The van der Waals surface area contributed by atoms with Crippen molar-refractivity contribution in [1.29, 1.82) is 0 Å². The molecule has 2 aliphatic rings. The second-order valence-corrected chi connectivity index (χ2v) is 8.38. The Morgan fingerprint density at radius 2 is 1.45 bits per heavy atom. The van der Waals surface area contributed by atoms with Crippen LogP contribution >= 0.6 is 0 Å². The Morgan fingerprint density at radius 3 is 2.00 bits per heavy atom. The van der Waals surface area contributed by atoms with Crippen LogP contribution in [0.2, 0.25) is 0 Å². The molecule has 0 radical (unpaired) electrons. The van der Waals surface area contributed by atoms with Crippen LogP contribution in [0.5, 0.6) is 0 Å². The van der Waals surface area contributed by atoms with Crippen LogP contribution in [-0.2, 0) is 6.42 Å². The van der Waals surface area contributed by atoms with E-state index in [0.717, 1.165) is 68.8 Å². The van der Waals surface area contributed by atoms with Gasteiger partial charge in [-0.3, -0.25) is 0 Å². The zero-order valence-electron chi connectivity index (χ0n) is 18.8. The van der Waals surface area contributed by atoms with E-state index in [0.29, 0.717) is 13.1 Å². The molecule has 0 atom stereocenters. The van der Waals surface area contributed by atoms with E-state index >= 15 is 0 Å². The molecule has 2 fully saturated rings. The van der Waals surface area contributed by atoms with Gasteiger partial charge in [0.05, 0.1) is 0 Å². The molecule has 0 saturated carbocycles. The number of urea groups is 1. The molecule has 2 aliphatic heterocycles. The quantitative estimate of drug-likeness (QED) is 0.815. The monoisotopic (exact) mass is 423 g/mol. The fraction of sp³-hybridized carbons (Fsp3) is 0.522. The lowest BCUT2D eigenvalue weighted by atomic mass is 10.1. The SMILES string of the molecule is CCc1ccc(NC(=O)N2CCN(c3cc(N4CCN(C)CC4)nc(C)n3)CC2)cc1. The average molecular weight is 424 g/mol. The number of aromatic nitrogens is 2. The van der Waals surface area contributed by atoms with Crippen LogP contribution in [0.3, 0.4) is 0 Å². The molecule has 4 rings (SSSR count). The minimum absolute atomic E-state index is 0.0408. The van der Waals surface area contributed by atoms with Gasteiger partial charge in [-0.25, -0.2) is 14.8 Å². The summed E-state index contributed by atoms with van der Waals surface area (Å²) in [6.45, 7) is 11.0. The number of hydrogen-bond acceptors (Lipinski definition) is 6. The molecular weight excluding hydrogens is 390 g/mol. The Hall–Kier alpha value is -2.87. The Kier molecular flexibility index (Phi) is 6.56. The summed E-state index contributed by atoms with van der Waals surface area (Å²) in [4.78, 5) is 30.8. The van der Waals surface area contributed by atoms with Crippen LogP contribution in [0.1, 0.15) is 18.3 Å². The molecule has 2 aromatic rings. The van der Waals surface area contributed by atoms with Gasteiger partial charge in [-0.2, -0.15) is 0 Å². The molecule has 8 heteroatoms. The number of carbonyl (C=O) groups excluding carboxylic acids is 1. The molecule has 1 aromatic carbocycles. The van der Waals surface area contributed by atoms with Gasteiger partial charge in [-0.05, 0) is 38.1 Å². The number of rotatable bonds is 4. The standard InChI is InChI=1S/C23H33N7O/c1-4-19-5-7-20(8-6-19)26-23(31)30-15-13-29(14-16-30)22-17-21(24-18(2)25-22)28-11-9-27(3)10-12-28/h5-8,17H,4,9-16H2,1-3H3,(H,26,31). The lowest BCUT2D eigenvalue weighted by molar-refractivity contribution is 0.208. The third-order valence-corrected chi connectivity index (χ3v) is 6.14. The van der Waals surface area contributed by atoms with Crippen LogP contribution in [0.15, 0.2) is 30.3 Å². The van der Waals surface area contributed by atoms with Crippen molar-refractivity contribution in [2.75, 3.05) is 74.5 Å². The number of nitrogens with one attached hydrogen (secondary N) is 1. The summed E-state index contributed by atoms with van der Waals surface area (Å²) in [6.07, 6.45) is 0.995. The minimum Gasteiger partial charge on any atom is -0.354 e. The average Bonchev–Trinajstić information content (AvgIpc) is 2.80. The molecule has 8 nitrogen and oxygen atoms in total. The molecule has 2 saturated heterocycles. The van der Waals surface area contributed by atoms with Crippen LogP contribution in [0, 0.1) is 6.92 Å². The predicted molar refractivity (Wildman–Crippen MR) is 125 cm³/mol. The fourth-order valence-corrected chi connectivity index (χ4v) is 4.06. The predicted octanol–water partition coefficient (Wildman–Crippen LogP) is 2.45. The molecule has 2 amide bonds. The Morgan fingerprint density at radius 1 is 0.903 bits per heavy atom. The van der Waals surface area contributed by atoms with Crippen molar-refractivity contribution in [2.45, 2.75) is 20.3 Å². The van der Waals surface area contributed by atoms with Crippen molar-refractivity contribution >= 4 is 23.4 Å². The summed E-state index contributed by atoms with van der Waals surface area (Å²) < 4.78 is 0. The van der Waals surface area contributed by atoms with Gasteiger partial charge < -0.3 is 24.9 Å². The first-order valence-corrected chi connectivity index (χ1v) is 11.2. The molecule has 1 N–H and O–H groups in total. The van der Waals surface area contributed by atoms with Gasteiger partial charge >= 0.3 is 6.03 Å². The molecule has 31 heavy (non-hydrogen) atoms. The van der Waals surface area contributed by atoms with Gasteiger partial charge in [0.15, 0.2) is 0 Å². The van der Waals surface area contributed by atoms with E-state index in [1.807, 2.05) is 24.0 Å². The molecule has 3 heterocycles. The number of amides is 2. The van der Waals surface area contributed by atoms with Gasteiger partial charge in [0, 0.05) is 64.1 Å². The lowest BCUT2D eigenvalue weighted by Gasteiger charge is -2.36. The Bertz CT molecular complexity index is 885. The molecule has 1 aromatic heterocycles. The normalized spacial score (nSPS) is 17.7. The van der Waals surface area contributed by atoms with Crippen LogP contribution in [-0.4, -0.2) is 85.2 Å². The van der Waals surface area contributed by atoms with Crippen molar-refractivity contribution in [2.24, 2.45) is 0 Å². The summed E-state index contributed by atoms with van der Waals surface area (Å²) in [5, 5.41) is 3.01. The largest absolute Gasteiger partial charge is 0.354 e. The molecule has 0 unspecified atom stereocenters. The highest BCUT2D eigenvalue weighted by Crippen LogP contribution is 2.22. The first-order chi connectivity index (χ1) is 15.0. The van der Waals surface area contributed by atoms with Crippen molar-refractivity contribution in [1.82, 2.24) is 19.8 Å². The molecule has 166 valence electrons. The number of aryl methyl sites for hydroxylation is 2. The zero-order chi connectivity index (χ0) is 21.8. The van der Waals surface area contributed by atoms with Gasteiger partial charge in [-0.1, -0.05) is 19.1 Å². The fourth-order valence-electron chi connectivity index (χ4n) is 4.06. The number of benzene rings is 1. The summed E-state index contributed by atoms with van der Waals surface area (Å²) in [6, 6.07) is 10.1. The highest BCUT2D eigenvalue weighted by Gasteiger charge is 2.24. The highest BCUT2D eigenvalue weighted by molar-refractivity contribution is 5.89. The van der Waals surface area contributed by atoms with Crippen molar-refractivity contribution in [3.8, 4) is 0 Å². The van der Waals surface area contributed by atoms with Gasteiger partial charge in [0.2, 0.25) is 0 Å². The summed E-state index contributed by atoms with van der Waals surface area (Å²) in [5.74, 6) is 2.75. The summed E-state index contributed by atoms with van der Waals surface area (Å²) in [7, 11) is 2.16. The topological polar surface area (TPSA) is 67.8 Å². The van der Waals surface area contributed by atoms with Crippen molar-refractivity contribution in [3.63, 3.8) is 0 Å². The first-order valence-electron chi connectivity index (χ1n) is 11.2. The van der Waals surface area contributed by atoms with Crippen molar-refractivity contribution < 1.29 is 4.79 Å². The van der Waals surface area contributed by atoms with E-state index in [2.05, 4.69) is 62.2 Å². The van der Waals surface area contributed by atoms with E-state index in [1.165, 1.54) is 5.56 Å². The van der Waals surface area contributed by atoms with Crippen LogP contribution in [0.4, 0.5) is 22.1 Å². The third-order valence-electron chi connectivity index (χ3n) is 6.14. The third kappa shape index (κ3) is 5.25. The van der Waals surface area contributed by atoms with E-state index in [4.69, 9.17) is 0 Å². The van der Waals surface area contributed by atoms with Gasteiger partial charge in [0.1, 0.15) is 17.5 Å². The van der Waals surface area contributed by atoms with Gasteiger partial charge in [0.25, 0.3) is 0 Å². The van der Waals surface area contributed by atoms with E-state index in [-0.39, 0.29) is 6.03 Å². The minimum atomic E-state index is -0.0408. The number of likely N-dealkylation sites (N-methyl/N-ethyl adjacent to an activating group) is 1. The second kappa shape index (κ2) is 9.51. The molecule has 0 bridgehead atoms. The van der Waals surface area contributed by atoms with Gasteiger partial charge in [-0.15, -0.1) is 0 Å².